The monoisotopic (exact) mass is 285 g/mol. The Morgan fingerprint density at radius 3 is 2.69 bits per heavy atom. The summed E-state index contributed by atoms with van der Waals surface area (Å²) >= 11 is 3.42. The average Bonchev–Trinajstić information content (AvgIpc) is 2.16. The van der Waals surface area contributed by atoms with E-state index in [2.05, 4.69) is 29.8 Å². The molecule has 1 aromatic rings. The smallest absolute Gasteiger partial charge is 0.145 e. The Balaban J connectivity index is 2.67. The van der Waals surface area contributed by atoms with Gasteiger partial charge in [0.15, 0.2) is 0 Å². The Kier molecular flexibility index (Phi) is 5.13. The van der Waals surface area contributed by atoms with Crippen LogP contribution in [0.3, 0.4) is 0 Å². The third-order valence-corrected chi connectivity index (χ3v) is 3.02. The number of nitrogens with two attached hydrogens (primary N) is 1. The van der Waals surface area contributed by atoms with Crippen LogP contribution in [0.15, 0.2) is 16.6 Å². The SMILES string of the molecule is CCCC(C)COc1c(C)cc(Br)cc1N. The van der Waals surface area contributed by atoms with Crippen LogP contribution in [0.25, 0.3) is 0 Å². The fourth-order valence-electron chi connectivity index (χ4n) is 1.75. The highest BCUT2D eigenvalue weighted by Gasteiger charge is 2.08. The normalized spacial score (nSPS) is 12.5. The van der Waals surface area contributed by atoms with E-state index in [4.69, 9.17) is 10.5 Å². The van der Waals surface area contributed by atoms with Gasteiger partial charge in [-0.1, -0.05) is 36.2 Å². The molecule has 2 nitrogen and oxygen atoms in total. The van der Waals surface area contributed by atoms with Gasteiger partial charge in [-0.25, -0.2) is 0 Å². The molecule has 1 unspecified atom stereocenters. The number of halogens is 1. The van der Waals surface area contributed by atoms with Crippen molar-refractivity contribution in [1.29, 1.82) is 0 Å². The molecule has 0 aromatic heterocycles. The Hall–Kier alpha value is -0.700. The summed E-state index contributed by atoms with van der Waals surface area (Å²) in [6, 6.07) is 3.91. The van der Waals surface area contributed by atoms with E-state index in [0.29, 0.717) is 11.6 Å². The zero-order chi connectivity index (χ0) is 12.1. The van der Waals surface area contributed by atoms with E-state index in [9.17, 15) is 0 Å². The second-order valence-corrected chi connectivity index (χ2v) is 5.26. The highest BCUT2D eigenvalue weighted by molar-refractivity contribution is 9.10. The highest BCUT2D eigenvalue weighted by Crippen LogP contribution is 2.30. The van der Waals surface area contributed by atoms with Crippen LogP contribution in [0.1, 0.15) is 32.3 Å². The summed E-state index contributed by atoms with van der Waals surface area (Å²) in [5.74, 6) is 1.40. The molecule has 1 atom stereocenters. The van der Waals surface area contributed by atoms with E-state index in [-0.39, 0.29) is 0 Å². The van der Waals surface area contributed by atoms with Gasteiger partial charge in [-0.2, -0.15) is 0 Å². The van der Waals surface area contributed by atoms with Gasteiger partial charge in [0, 0.05) is 4.47 Å². The first kappa shape index (κ1) is 13.4. The molecule has 0 fully saturated rings. The molecule has 1 rings (SSSR count). The maximum absolute atomic E-state index is 5.93. The Morgan fingerprint density at radius 1 is 1.44 bits per heavy atom. The first-order valence-electron chi connectivity index (χ1n) is 5.73. The van der Waals surface area contributed by atoms with Gasteiger partial charge in [0.25, 0.3) is 0 Å². The molecule has 0 aliphatic rings. The van der Waals surface area contributed by atoms with Crippen LogP contribution in [0, 0.1) is 12.8 Å². The lowest BCUT2D eigenvalue weighted by Gasteiger charge is -2.15. The molecule has 0 bridgehead atoms. The lowest BCUT2D eigenvalue weighted by Crippen LogP contribution is -2.10. The van der Waals surface area contributed by atoms with E-state index >= 15 is 0 Å². The maximum atomic E-state index is 5.93. The fraction of sp³-hybridized carbons (Fsp3) is 0.538. The van der Waals surface area contributed by atoms with Crippen LogP contribution in [-0.4, -0.2) is 6.61 Å². The first-order valence-corrected chi connectivity index (χ1v) is 6.52. The van der Waals surface area contributed by atoms with Crippen molar-refractivity contribution in [3.8, 4) is 5.75 Å². The molecule has 0 saturated carbocycles. The number of benzene rings is 1. The number of anilines is 1. The second-order valence-electron chi connectivity index (χ2n) is 4.35. The van der Waals surface area contributed by atoms with E-state index in [0.717, 1.165) is 22.4 Å². The van der Waals surface area contributed by atoms with Gasteiger partial charge < -0.3 is 10.5 Å². The molecule has 0 radical (unpaired) electrons. The van der Waals surface area contributed by atoms with Crippen LogP contribution >= 0.6 is 15.9 Å². The average molecular weight is 286 g/mol. The highest BCUT2D eigenvalue weighted by atomic mass is 79.9. The van der Waals surface area contributed by atoms with Crippen LogP contribution in [-0.2, 0) is 0 Å². The molecular formula is C13H20BrNO. The van der Waals surface area contributed by atoms with Crippen molar-refractivity contribution < 1.29 is 4.74 Å². The summed E-state index contributed by atoms with van der Waals surface area (Å²) in [4.78, 5) is 0. The minimum Gasteiger partial charge on any atom is -0.491 e. The van der Waals surface area contributed by atoms with Crippen molar-refractivity contribution >= 4 is 21.6 Å². The molecule has 0 saturated heterocycles. The van der Waals surface area contributed by atoms with Crippen LogP contribution in [0.4, 0.5) is 5.69 Å². The molecule has 0 heterocycles. The Morgan fingerprint density at radius 2 is 2.12 bits per heavy atom. The van der Waals surface area contributed by atoms with Gasteiger partial charge in [0.1, 0.15) is 5.75 Å². The van der Waals surface area contributed by atoms with Crippen molar-refractivity contribution in [3.05, 3.63) is 22.2 Å². The topological polar surface area (TPSA) is 35.2 Å². The van der Waals surface area contributed by atoms with Crippen LogP contribution in [0.5, 0.6) is 5.75 Å². The second kappa shape index (κ2) is 6.14. The zero-order valence-electron chi connectivity index (χ0n) is 10.2. The van der Waals surface area contributed by atoms with Crippen molar-refractivity contribution in [3.63, 3.8) is 0 Å². The summed E-state index contributed by atoms with van der Waals surface area (Å²) in [6.07, 6.45) is 2.38. The molecule has 0 aliphatic heterocycles. The minimum absolute atomic E-state index is 0.576. The number of aryl methyl sites for hydroxylation is 1. The minimum atomic E-state index is 0.576. The van der Waals surface area contributed by atoms with Crippen molar-refractivity contribution in [2.75, 3.05) is 12.3 Å². The molecule has 2 N–H and O–H groups in total. The van der Waals surface area contributed by atoms with Gasteiger partial charge >= 0.3 is 0 Å². The molecule has 90 valence electrons. The predicted octanol–water partition coefficient (Wildman–Crippen LogP) is 4.15. The van der Waals surface area contributed by atoms with E-state index in [1.807, 2.05) is 19.1 Å². The summed E-state index contributed by atoms with van der Waals surface area (Å²) < 4.78 is 6.79. The number of hydrogen-bond acceptors (Lipinski definition) is 2. The molecule has 16 heavy (non-hydrogen) atoms. The molecule has 1 aromatic carbocycles. The van der Waals surface area contributed by atoms with E-state index in [1.165, 1.54) is 12.8 Å². The van der Waals surface area contributed by atoms with Gasteiger partial charge in [0.05, 0.1) is 12.3 Å². The summed E-state index contributed by atoms with van der Waals surface area (Å²) in [5, 5.41) is 0. The Bertz CT molecular complexity index is 329. The molecule has 0 amide bonds. The lowest BCUT2D eigenvalue weighted by atomic mass is 10.1. The van der Waals surface area contributed by atoms with Gasteiger partial charge in [0.2, 0.25) is 0 Å². The number of nitrogen functional groups attached to an aromatic ring is 1. The van der Waals surface area contributed by atoms with Crippen molar-refractivity contribution in [2.45, 2.75) is 33.6 Å². The van der Waals surface area contributed by atoms with Crippen LogP contribution < -0.4 is 10.5 Å². The maximum Gasteiger partial charge on any atom is 0.145 e. The van der Waals surface area contributed by atoms with Gasteiger partial charge in [-0.3, -0.25) is 0 Å². The fourth-order valence-corrected chi connectivity index (χ4v) is 2.34. The molecule has 0 spiro atoms. The molecule has 0 aliphatic carbocycles. The number of hydrogen-bond donors (Lipinski definition) is 1. The molecular weight excluding hydrogens is 266 g/mol. The summed E-state index contributed by atoms with van der Waals surface area (Å²) in [6.45, 7) is 7.14. The number of ether oxygens (including phenoxy) is 1. The zero-order valence-corrected chi connectivity index (χ0v) is 11.8. The lowest BCUT2D eigenvalue weighted by molar-refractivity contribution is 0.251. The van der Waals surface area contributed by atoms with Crippen molar-refractivity contribution in [2.24, 2.45) is 5.92 Å². The third-order valence-electron chi connectivity index (χ3n) is 2.56. The summed E-state index contributed by atoms with van der Waals surface area (Å²) in [5.41, 5.74) is 7.71. The summed E-state index contributed by atoms with van der Waals surface area (Å²) in [7, 11) is 0. The number of rotatable bonds is 5. The third kappa shape index (κ3) is 3.71. The van der Waals surface area contributed by atoms with E-state index in [1.54, 1.807) is 0 Å². The quantitative estimate of drug-likeness (QED) is 0.825. The standard InChI is InChI=1S/C13H20BrNO/c1-4-5-9(2)8-16-13-10(3)6-11(14)7-12(13)15/h6-7,9H,4-5,8,15H2,1-3H3. The van der Waals surface area contributed by atoms with E-state index < -0.39 is 0 Å². The van der Waals surface area contributed by atoms with Gasteiger partial charge in [-0.05, 0) is 37.0 Å². The largest absolute Gasteiger partial charge is 0.491 e. The first-order chi connectivity index (χ1) is 7.54. The molecule has 3 heteroatoms. The van der Waals surface area contributed by atoms with Crippen molar-refractivity contribution in [1.82, 2.24) is 0 Å². The van der Waals surface area contributed by atoms with Crippen LogP contribution in [0.2, 0.25) is 0 Å². The van der Waals surface area contributed by atoms with Gasteiger partial charge in [-0.15, -0.1) is 0 Å². The predicted molar refractivity (Wildman–Crippen MR) is 72.9 cm³/mol. The Labute approximate surface area is 106 Å².